The van der Waals surface area contributed by atoms with E-state index in [9.17, 15) is 9.90 Å². The molecule has 25 heavy (non-hydrogen) atoms. The van der Waals surface area contributed by atoms with E-state index >= 15 is 0 Å². The number of carbonyl (C=O) groups excluding carboxylic acids is 1. The second kappa shape index (κ2) is 7.12. The van der Waals surface area contributed by atoms with E-state index < -0.39 is 0 Å². The van der Waals surface area contributed by atoms with Crippen molar-refractivity contribution in [3.05, 3.63) is 42.1 Å². The lowest BCUT2D eigenvalue weighted by atomic mass is 9.75. The van der Waals surface area contributed by atoms with Crippen LogP contribution in [0.1, 0.15) is 56.6 Å². The maximum atomic E-state index is 12.8. The molecule has 4 nitrogen and oxygen atoms in total. The van der Waals surface area contributed by atoms with Crippen LogP contribution in [-0.2, 0) is 4.79 Å². The summed E-state index contributed by atoms with van der Waals surface area (Å²) in [5.41, 5.74) is 2.03. The molecule has 2 aliphatic rings. The number of nitrogens with one attached hydrogen (secondary N) is 1. The van der Waals surface area contributed by atoms with Gasteiger partial charge < -0.3 is 10.4 Å². The lowest BCUT2D eigenvalue weighted by Crippen LogP contribution is -2.43. The number of para-hydroxylation sites is 1. The largest absolute Gasteiger partial charge is 0.393 e. The van der Waals surface area contributed by atoms with E-state index in [1.807, 2.05) is 24.4 Å². The summed E-state index contributed by atoms with van der Waals surface area (Å²) in [5.74, 6) is 0.624. The van der Waals surface area contributed by atoms with Gasteiger partial charge >= 0.3 is 0 Å². The van der Waals surface area contributed by atoms with Gasteiger partial charge in [0.25, 0.3) is 0 Å². The molecular weight excluding hydrogens is 312 g/mol. The van der Waals surface area contributed by atoms with Crippen molar-refractivity contribution in [1.82, 2.24) is 10.3 Å². The standard InChI is InChI=1S/C21H26N2O2/c24-18-11-16(12-18)20(23-21(25)14-6-2-1-3-7-14)17-10-15-8-4-5-9-19(15)22-13-17/h4-5,8-10,13-14,16,18,20,24H,1-3,6-7,11-12H2,(H,23,25)/t16?,18?,20-/m1/s1. The minimum absolute atomic E-state index is 0.0464. The highest BCUT2D eigenvalue weighted by Gasteiger charge is 2.37. The van der Waals surface area contributed by atoms with Crippen LogP contribution in [0.2, 0.25) is 0 Å². The van der Waals surface area contributed by atoms with Gasteiger partial charge in [-0.3, -0.25) is 9.78 Å². The third kappa shape index (κ3) is 3.54. The molecular formula is C21H26N2O2. The van der Waals surface area contributed by atoms with E-state index in [0.717, 1.165) is 55.0 Å². The smallest absolute Gasteiger partial charge is 0.223 e. The lowest BCUT2D eigenvalue weighted by Gasteiger charge is -2.39. The van der Waals surface area contributed by atoms with Crippen LogP contribution < -0.4 is 5.32 Å². The van der Waals surface area contributed by atoms with Crippen molar-refractivity contribution >= 4 is 16.8 Å². The highest BCUT2D eigenvalue weighted by Crippen LogP contribution is 2.39. The van der Waals surface area contributed by atoms with Gasteiger partial charge in [-0.25, -0.2) is 0 Å². The number of rotatable bonds is 4. The van der Waals surface area contributed by atoms with Crippen LogP contribution in [0.4, 0.5) is 0 Å². The van der Waals surface area contributed by atoms with Gasteiger partial charge in [-0.15, -0.1) is 0 Å². The first-order valence-electron chi connectivity index (χ1n) is 9.54. The minimum Gasteiger partial charge on any atom is -0.393 e. The van der Waals surface area contributed by atoms with Gasteiger partial charge in [-0.2, -0.15) is 0 Å². The van der Waals surface area contributed by atoms with Crippen molar-refractivity contribution < 1.29 is 9.90 Å². The van der Waals surface area contributed by atoms with Gasteiger partial charge in [0.15, 0.2) is 0 Å². The molecule has 2 aromatic rings. The SMILES string of the molecule is O=C(N[C@@H](c1cnc2ccccc2c1)C1CC(O)C1)C1CCCCC1. The van der Waals surface area contributed by atoms with Crippen LogP contribution in [0.25, 0.3) is 10.9 Å². The number of aliphatic hydroxyl groups is 1. The maximum absolute atomic E-state index is 12.8. The molecule has 2 aliphatic carbocycles. The number of hydrogen-bond donors (Lipinski definition) is 2. The zero-order chi connectivity index (χ0) is 17.2. The van der Waals surface area contributed by atoms with Gasteiger partial charge in [-0.1, -0.05) is 37.5 Å². The number of carbonyl (C=O) groups is 1. The molecule has 0 spiro atoms. The third-order valence-corrected chi connectivity index (χ3v) is 5.87. The van der Waals surface area contributed by atoms with Crippen LogP contribution in [0.5, 0.6) is 0 Å². The van der Waals surface area contributed by atoms with Gasteiger partial charge in [0.2, 0.25) is 5.91 Å². The number of benzene rings is 1. The zero-order valence-electron chi connectivity index (χ0n) is 14.5. The van der Waals surface area contributed by atoms with E-state index in [0.29, 0.717) is 5.92 Å². The summed E-state index contributed by atoms with van der Waals surface area (Å²) >= 11 is 0. The maximum Gasteiger partial charge on any atom is 0.223 e. The van der Waals surface area contributed by atoms with Gasteiger partial charge in [0.05, 0.1) is 17.7 Å². The normalized spacial score (nSPS) is 25.3. The van der Waals surface area contributed by atoms with E-state index in [1.54, 1.807) is 0 Å². The van der Waals surface area contributed by atoms with Crippen molar-refractivity contribution in [2.24, 2.45) is 11.8 Å². The number of aromatic nitrogens is 1. The van der Waals surface area contributed by atoms with Crippen LogP contribution in [0.3, 0.4) is 0 Å². The monoisotopic (exact) mass is 338 g/mol. The van der Waals surface area contributed by atoms with Gasteiger partial charge in [0, 0.05) is 17.5 Å². The Balaban J connectivity index is 1.57. The molecule has 0 unspecified atom stereocenters. The Bertz CT molecular complexity index is 748. The van der Waals surface area contributed by atoms with Crippen molar-refractivity contribution in [3.8, 4) is 0 Å². The first kappa shape index (κ1) is 16.5. The first-order chi connectivity index (χ1) is 12.2. The van der Waals surface area contributed by atoms with Crippen LogP contribution in [-0.4, -0.2) is 22.1 Å². The number of hydrogen-bond acceptors (Lipinski definition) is 3. The minimum atomic E-state index is -0.229. The summed E-state index contributed by atoms with van der Waals surface area (Å²) in [4.78, 5) is 17.3. The molecule has 2 N–H and O–H groups in total. The Labute approximate surface area is 148 Å². The van der Waals surface area contributed by atoms with E-state index in [2.05, 4.69) is 22.4 Å². The molecule has 1 aromatic carbocycles. The Hall–Kier alpha value is -1.94. The number of aliphatic hydroxyl groups excluding tert-OH is 1. The van der Waals surface area contributed by atoms with Crippen LogP contribution in [0.15, 0.2) is 36.5 Å². The Morgan fingerprint density at radius 1 is 1.16 bits per heavy atom. The Kier molecular flexibility index (Phi) is 4.71. The molecule has 0 saturated heterocycles. The van der Waals surface area contributed by atoms with Crippen LogP contribution >= 0.6 is 0 Å². The Morgan fingerprint density at radius 3 is 2.68 bits per heavy atom. The fraction of sp³-hybridized carbons (Fsp3) is 0.524. The Morgan fingerprint density at radius 2 is 1.92 bits per heavy atom. The molecule has 1 atom stereocenters. The topological polar surface area (TPSA) is 62.2 Å². The predicted molar refractivity (Wildman–Crippen MR) is 97.9 cm³/mol. The molecule has 2 fully saturated rings. The summed E-state index contributed by atoms with van der Waals surface area (Å²) in [6.07, 6.45) is 8.72. The third-order valence-electron chi connectivity index (χ3n) is 5.87. The van der Waals surface area contributed by atoms with Crippen molar-refractivity contribution in [2.75, 3.05) is 0 Å². The molecule has 132 valence electrons. The molecule has 1 heterocycles. The summed E-state index contributed by atoms with van der Waals surface area (Å²) in [6, 6.07) is 10.1. The highest BCUT2D eigenvalue weighted by molar-refractivity contribution is 5.81. The van der Waals surface area contributed by atoms with E-state index in [1.165, 1.54) is 6.42 Å². The second-order valence-corrected chi connectivity index (χ2v) is 7.67. The van der Waals surface area contributed by atoms with Gasteiger partial charge in [0.1, 0.15) is 0 Å². The number of fused-ring (bicyclic) bond motifs is 1. The quantitative estimate of drug-likeness (QED) is 0.892. The second-order valence-electron chi connectivity index (χ2n) is 7.67. The summed E-state index contributed by atoms with van der Waals surface area (Å²) in [5, 5.41) is 14.1. The highest BCUT2D eigenvalue weighted by atomic mass is 16.3. The fourth-order valence-electron chi connectivity index (χ4n) is 4.27. The van der Waals surface area contributed by atoms with E-state index in [4.69, 9.17) is 0 Å². The summed E-state index contributed by atoms with van der Waals surface area (Å²) < 4.78 is 0. The van der Waals surface area contributed by atoms with E-state index in [-0.39, 0.29) is 24.0 Å². The first-order valence-corrected chi connectivity index (χ1v) is 9.54. The number of nitrogens with zero attached hydrogens (tertiary/aromatic N) is 1. The number of amides is 1. The molecule has 2 saturated carbocycles. The molecule has 0 bridgehead atoms. The average Bonchev–Trinajstić information content (AvgIpc) is 2.64. The fourth-order valence-corrected chi connectivity index (χ4v) is 4.27. The molecule has 4 heteroatoms. The van der Waals surface area contributed by atoms with Crippen LogP contribution in [0, 0.1) is 11.8 Å². The molecule has 4 rings (SSSR count). The summed E-state index contributed by atoms with van der Waals surface area (Å²) in [6.45, 7) is 0. The number of pyridine rings is 1. The zero-order valence-corrected chi connectivity index (χ0v) is 14.5. The predicted octanol–water partition coefficient (Wildman–Crippen LogP) is 3.74. The van der Waals surface area contributed by atoms with Crippen molar-refractivity contribution in [1.29, 1.82) is 0 Å². The average molecular weight is 338 g/mol. The summed E-state index contributed by atoms with van der Waals surface area (Å²) in [7, 11) is 0. The molecule has 0 aliphatic heterocycles. The molecule has 0 radical (unpaired) electrons. The molecule has 1 aromatic heterocycles. The molecule has 1 amide bonds. The lowest BCUT2D eigenvalue weighted by molar-refractivity contribution is -0.127. The van der Waals surface area contributed by atoms with Crippen molar-refractivity contribution in [2.45, 2.75) is 57.1 Å². The van der Waals surface area contributed by atoms with Crippen molar-refractivity contribution in [3.63, 3.8) is 0 Å². The van der Waals surface area contributed by atoms with Gasteiger partial charge in [-0.05, 0) is 49.3 Å².